The van der Waals surface area contributed by atoms with E-state index in [1.54, 1.807) is 6.92 Å². The Morgan fingerprint density at radius 2 is 2.30 bits per heavy atom. The number of anilines is 1. The Labute approximate surface area is 120 Å². The van der Waals surface area contributed by atoms with Gasteiger partial charge in [0.05, 0.1) is 6.61 Å². The van der Waals surface area contributed by atoms with Gasteiger partial charge in [-0.05, 0) is 32.1 Å². The summed E-state index contributed by atoms with van der Waals surface area (Å²) in [4.78, 5) is 18.0. The Bertz CT molecular complexity index is 431. The number of esters is 1. The van der Waals surface area contributed by atoms with E-state index in [0.29, 0.717) is 12.6 Å². The maximum Gasteiger partial charge on any atom is 0.360 e. The highest BCUT2D eigenvalue weighted by Crippen LogP contribution is 2.25. The third kappa shape index (κ3) is 3.74. The van der Waals surface area contributed by atoms with Crippen LogP contribution in [0.1, 0.15) is 56.4 Å². The molecular formula is C15H24N2O3. The fourth-order valence-corrected chi connectivity index (χ4v) is 2.76. The van der Waals surface area contributed by atoms with Crippen molar-refractivity contribution in [3.63, 3.8) is 0 Å². The molecule has 0 bridgehead atoms. The van der Waals surface area contributed by atoms with Crippen LogP contribution in [0.4, 0.5) is 6.01 Å². The predicted octanol–water partition coefficient (Wildman–Crippen LogP) is 3.26. The van der Waals surface area contributed by atoms with E-state index in [0.717, 1.165) is 25.4 Å². The molecule has 1 atom stereocenters. The Balaban J connectivity index is 1.96. The van der Waals surface area contributed by atoms with Gasteiger partial charge in [-0.2, -0.15) is 4.98 Å². The van der Waals surface area contributed by atoms with E-state index in [1.165, 1.54) is 31.9 Å². The number of hydrogen-bond donors (Lipinski definition) is 0. The van der Waals surface area contributed by atoms with Crippen molar-refractivity contribution in [3.05, 3.63) is 12.0 Å². The van der Waals surface area contributed by atoms with Gasteiger partial charge < -0.3 is 14.1 Å². The topological polar surface area (TPSA) is 55.6 Å². The van der Waals surface area contributed by atoms with Crippen LogP contribution in [0.15, 0.2) is 10.7 Å². The monoisotopic (exact) mass is 280 g/mol. The summed E-state index contributed by atoms with van der Waals surface area (Å²) in [6.07, 6.45) is 7.54. The van der Waals surface area contributed by atoms with Crippen LogP contribution in [0.3, 0.4) is 0 Å². The number of oxazole rings is 1. The maximum atomic E-state index is 11.6. The van der Waals surface area contributed by atoms with Gasteiger partial charge in [0.1, 0.15) is 6.26 Å². The Morgan fingerprint density at radius 3 is 3.05 bits per heavy atom. The Hall–Kier alpha value is -1.52. The lowest BCUT2D eigenvalue weighted by molar-refractivity contribution is 0.0519. The summed E-state index contributed by atoms with van der Waals surface area (Å²) in [6.45, 7) is 6.27. The van der Waals surface area contributed by atoms with Crippen molar-refractivity contribution in [2.45, 2.75) is 46.0 Å². The fourth-order valence-electron chi connectivity index (χ4n) is 2.76. The maximum absolute atomic E-state index is 11.6. The van der Waals surface area contributed by atoms with Gasteiger partial charge in [0.15, 0.2) is 5.69 Å². The molecule has 5 nitrogen and oxygen atoms in total. The Kier molecular flexibility index (Phi) is 5.44. The number of hydrogen-bond acceptors (Lipinski definition) is 5. The first-order chi connectivity index (χ1) is 9.74. The second kappa shape index (κ2) is 7.31. The van der Waals surface area contributed by atoms with Crippen molar-refractivity contribution in [2.75, 3.05) is 24.6 Å². The zero-order valence-electron chi connectivity index (χ0n) is 12.4. The summed E-state index contributed by atoms with van der Waals surface area (Å²) < 4.78 is 10.4. The van der Waals surface area contributed by atoms with Gasteiger partial charge >= 0.3 is 5.97 Å². The Morgan fingerprint density at radius 1 is 1.45 bits per heavy atom. The molecule has 2 heterocycles. The molecule has 1 unspecified atom stereocenters. The van der Waals surface area contributed by atoms with Gasteiger partial charge in [-0.1, -0.05) is 19.8 Å². The van der Waals surface area contributed by atoms with E-state index in [-0.39, 0.29) is 5.69 Å². The van der Waals surface area contributed by atoms with Crippen molar-refractivity contribution in [3.8, 4) is 0 Å². The minimum absolute atomic E-state index is 0.260. The molecule has 5 heteroatoms. The van der Waals surface area contributed by atoms with E-state index in [9.17, 15) is 4.79 Å². The zero-order chi connectivity index (χ0) is 14.4. The van der Waals surface area contributed by atoms with Crippen LogP contribution in [0.5, 0.6) is 0 Å². The molecule has 1 fully saturated rings. The van der Waals surface area contributed by atoms with Crippen LogP contribution in [-0.2, 0) is 4.74 Å². The van der Waals surface area contributed by atoms with Crippen molar-refractivity contribution < 1.29 is 13.9 Å². The molecule has 1 saturated heterocycles. The van der Waals surface area contributed by atoms with Gasteiger partial charge in [0, 0.05) is 13.1 Å². The lowest BCUT2D eigenvalue weighted by atomic mass is 9.96. The number of carbonyl (C=O) groups is 1. The first kappa shape index (κ1) is 14.9. The number of rotatable bonds is 5. The molecule has 0 N–H and O–H groups in total. The smallest absolute Gasteiger partial charge is 0.360 e. The molecule has 0 spiro atoms. The highest BCUT2D eigenvalue weighted by molar-refractivity contribution is 5.87. The first-order valence-corrected chi connectivity index (χ1v) is 7.62. The third-order valence-corrected chi connectivity index (χ3v) is 3.79. The average Bonchev–Trinajstić information content (AvgIpc) is 2.81. The first-order valence-electron chi connectivity index (χ1n) is 7.62. The largest absolute Gasteiger partial charge is 0.461 e. The van der Waals surface area contributed by atoms with Gasteiger partial charge in [-0.15, -0.1) is 0 Å². The van der Waals surface area contributed by atoms with Crippen molar-refractivity contribution in [1.29, 1.82) is 0 Å². The lowest BCUT2D eigenvalue weighted by Crippen LogP contribution is -2.24. The summed E-state index contributed by atoms with van der Waals surface area (Å²) in [5.41, 5.74) is 0.260. The third-order valence-electron chi connectivity index (χ3n) is 3.79. The number of aromatic nitrogens is 1. The standard InChI is InChI=1S/C15H24N2O3/c1-3-6-12-7-5-9-17(10-8-12)15-16-13(11-20-15)14(18)19-4-2/h11-12H,3-10H2,1-2H3. The second-order valence-electron chi connectivity index (χ2n) is 5.31. The van der Waals surface area contributed by atoms with Gasteiger partial charge in [0.2, 0.25) is 0 Å². The van der Waals surface area contributed by atoms with Crippen molar-refractivity contribution in [2.24, 2.45) is 5.92 Å². The van der Waals surface area contributed by atoms with Crippen LogP contribution in [0, 0.1) is 5.92 Å². The molecule has 20 heavy (non-hydrogen) atoms. The SMILES string of the molecule is CCCC1CCCN(c2nc(C(=O)OCC)co2)CC1. The molecule has 0 aromatic carbocycles. The van der Waals surface area contributed by atoms with Crippen molar-refractivity contribution >= 4 is 12.0 Å². The van der Waals surface area contributed by atoms with Gasteiger partial charge in [-0.3, -0.25) is 0 Å². The van der Waals surface area contributed by atoms with Gasteiger partial charge in [0.25, 0.3) is 6.01 Å². The summed E-state index contributed by atoms with van der Waals surface area (Å²) in [5, 5.41) is 0. The summed E-state index contributed by atoms with van der Waals surface area (Å²) in [7, 11) is 0. The molecule has 1 aliphatic heterocycles. The molecule has 0 saturated carbocycles. The molecule has 1 aliphatic rings. The molecule has 1 aromatic rings. The zero-order valence-corrected chi connectivity index (χ0v) is 12.4. The quantitative estimate of drug-likeness (QED) is 0.775. The van der Waals surface area contributed by atoms with Crippen LogP contribution in [0.2, 0.25) is 0 Å². The summed E-state index contributed by atoms with van der Waals surface area (Å²) in [5.74, 6) is 0.394. The molecular weight excluding hydrogens is 256 g/mol. The number of nitrogens with zero attached hydrogens (tertiary/aromatic N) is 2. The average molecular weight is 280 g/mol. The second-order valence-corrected chi connectivity index (χ2v) is 5.31. The van der Waals surface area contributed by atoms with E-state index >= 15 is 0 Å². The van der Waals surface area contributed by atoms with Crippen LogP contribution >= 0.6 is 0 Å². The minimum Gasteiger partial charge on any atom is -0.461 e. The molecule has 2 rings (SSSR count). The molecule has 0 radical (unpaired) electrons. The minimum atomic E-state index is -0.416. The lowest BCUT2D eigenvalue weighted by Gasteiger charge is -2.17. The summed E-state index contributed by atoms with van der Waals surface area (Å²) in [6, 6.07) is 0.546. The van der Waals surface area contributed by atoms with Gasteiger partial charge in [-0.25, -0.2) is 4.79 Å². The van der Waals surface area contributed by atoms with E-state index in [4.69, 9.17) is 9.15 Å². The molecule has 0 aliphatic carbocycles. The van der Waals surface area contributed by atoms with E-state index < -0.39 is 5.97 Å². The normalized spacial score (nSPS) is 19.7. The van der Waals surface area contributed by atoms with Crippen LogP contribution < -0.4 is 4.90 Å². The van der Waals surface area contributed by atoms with Crippen LogP contribution in [0.25, 0.3) is 0 Å². The molecule has 0 amide bonds. The van der Waals surface area contributed by atoms with Crippen molar-refractivity contribution in [1.82, 2.24) is 4.98 Å². The predicted molar refractivity (Wildman–Crippen MR) is 76.9 cm³/mol. The fraction of sp³-hybridized carbons (Fsp3) is 0.733. The van der Waals surface area contributed by atoms with Crippen LogP contribution in [-0.4, -0.2) is 30.6 Å². The van der Waals surface area contributed by atoms with E-state index in [1.807, 2.05) is 0 Å². The number of ether oxygens (including phenoxy) is 1. The number of carbonyl (C=O) groups excluding carboxylic acids is 1. The highest BCUT2D eigenvalue weighted by atomic mass is 16.5. The molecule has 112 valence electrons. The highest BCUT2D eigenvalue weighted by Gasteiger charge is 2.21. The van der Waals surface area contributed by atoms with E-state index in [2.05, 4.69) is 16.8 Å². The summed E-state index contributed by atoms with van der Waals surface area (Å²) >= 11 is 0. The molecule has 1 aromatic heterocycles.